The van der Waals surface area contributed by atoms with E-state index in [0.29, 0.717) is 23.9 Å². The number of hydrogen-bond acceptors (Lipinski definition) is 5. The summed E-state index contributed by atoms with van der Waals surface area (Å²) in [5.41, 5.74) is 0. The molecule has 0 aliphatic carbocycles. The number of likely N-dealkylation sites (N-methyl/N-ethyl adjacent to an activating group) is 1. The third-order valence-electron chi connectivity index (χ3n) is 13.6. The first-order valence-electron chi connectivity index (χ1n) is 28.9. The van der Waals surface area contributed by atoms with E-state index in [-0.39, 0.29) is 19.1 Å². The zero-order valence-corrected chi connectivity index (χ0v) is 45.4. The molecular formula is C56H116N2O6P+. The predicted molar refractivity (Wildman–Crippen MR) is 282 cm³/mol. The van der Waals surface area contributed by atoms with Gasteiger partial charge in [-0.2, -0.15) is 0 Å². The SMILES string of the molecule is CCCCCCCCCCCCCCCCCCCCCCCCCCCCCCCC(=O)N[C@@H](COP(=O)(O)OCC[N+](C)(C)C)[C@H](O)CCCCCCCCCCCCCCCC. The van der Waals surface area contributed by atoms with Crippen LogP contribution in [0.25, 0.3) is 0 Å². The second kappa shape index (κ2) is 48.5. The number of phosphoric ester groups is 1. The Balaban J connectivity index is 4.00. The molecule has 0 fully saturated rings. The minimum absolute atomic E-state index is 0.0789. The van der Waals surface area contributed by atoms with Gasteiger partial charge in [0.1, 0.15) is 13.2 Å². The molecule has 0 aromatic rings. The van der Waals surface area contributed by atoms with E-state index in [4.69, 9.17) is 9.05 Å². The summed E-state index contributed by atoms with van der Waals surface area (Å²) in [6, 6.07) is -0.754. The quantitative estimate of drug-likeness (QED) is 0.0319. The van der Waals surface area contributed by atoms with Crippen molar-refractivity contribution in [2.75, 3.05) is 40.9 Å². The number of aliphatic hydroxyl groups is 1. The maximum atomic E-state index is 13.0. The van der Waals surface area contributed by atoms with Crippen LogP contribution in [0.1, 0.15) is 303 Å². The van der Waals surface area contributed by atoms with Crippen LogP contribution in [0.15, 0.2) is 0 Å². The molecule has 0 aromatic heterocycles. The minimum atomic E-state index is -4.31. The molecule has 0 aliphatic rings. The van der Waals surface area contributed by atoms with E-state index in [9.17, 15) is 19.4 Å². The number of unbranched alkanes of at least 4 members (excludes halogenated alkanes) is 41. The Labute approximate surface area is 406 Å². The molecule has 1 amide bonds. The maximum absolute atomic E-state index is 13.0. The molecule has 0 saturated carbocycles. The molecule has 65 heavy (non-hydrogen) atoms. The van der Waals surface area contributed by atoms with Crippen LogP contribution < -0.4 is 5.32 Å². The van der Waals surface area contributed by atoms with Gasteiger partial charge in [-0.05, 0) is 12.8 Å². The van der Waals surface area contributed by atoms with Crippen molar-refractivity contribution in [3.8, 4) is 0 Å². The van der Waals surface area contributed by atoms with Crippen LogP contribution in [0.3, 0.4) is 0 Å². The number of nitrogens with one attached hydrogen (secondary N) is 1. The molecule has 8 nitrogen and oxygen atoms in total. The van der Waals surface area contributed by atoms with E-state index >= 15 is 0 Å². The minimum Gasteiger partial charge on any atom is -0.391 e. The third-order valence-corrected chi connectivity index (χ3v) is 14.6. The number of carbonyl (C=O) groups is 1. The number of nitrogens with zero attached hydrogens (tertiary/aromatic N) is 1. The van der Waals surface area contributed by atoms with Gasteiger partial charge in [0.2, 0.25) is 5.91 Å². The number of quaternary nitrogens is 1. The van der Waals surface area contributed by atoms with E-state index in [1.807, 2.05) is 21.1 Å². The number of rotatable bonds is 54. The standard InChI is InChI=1S/C56H115N2O6P/c1-6-8-10-12-14-16-18-20-22-23-24-25-26-27-28-29-30-31-32-33-34-35-36-38-40-42-44-46-48-50-56(60)57-54(53-64-65(61,62)63-52-51-58(3,4)5)55(59)49-47-45-43-41-39-37-21-19-17-15-13-11-9-7-2/h54-55,59H,6-53H2,1-5H3,(H-,57,60,61,62)/p+1/t54-,55+/m0/s1. The Hall–Kier alpha value is -0.500. The Kier molecular flexibility index (Phi) is 48.1. The molecule has 0 saturated heterocycles. The van der Waals surface area contributed by atoms with E-state index in [1.54, 1.807) is 0 Å². The van der Waals surface area contributed by atoms with Gasteiger partial charge < -0.3 is 19.8 Å². The summed E-state index contributed by atoms with van der Waals surface area (Å²) in [7, 11) is 1.63. The number of aliphatic hydroxyl groups excluding tert-OH is 1. The fourth-order valence-electron chi connectivity index (χ4n) is 9.05. The number of phosphoric acid groups is 1. The lowest BCUT2D eigenvalue weighted by atomic mass is 10.0. The van der Waals surface area contributed by atoms with Crippen molar-refractivity contribution < 1.29 is 32.9 Å². The van der Waals surface area contributed by atoms with Crippen LogP contribution in [-0.4, -0.2) is 73.4 Å². The van der Waals surface area contributed by atoms with Crippen molar-refractivity contribution >= 4 is 13.7 Å². The molecule has 3 N–H and O–H groups in total. The summed E-state index contributed by atoms with van der Waals surface area (Å²) in [6.45, 7) is 4.94. The van der Waals surface area contributed by atoms with E-state index < -0.39 is 20.0 Å². The predicted octanol–water partition coefficient (Wildman–Crippen LogP) is 17.3. The second-order valence-corrected chi connectivity index (χ2v) is 22.8. The summed E-state index contributed by atoms with van der Waals surface area (Å²) in [5, 5.41) is 14.0. The van der Waals surface area contributed by atoms with Crippen molar-refractivity contribution in [1.29, 1.82) is 0 Å². The van der Waals surface area contributed by atoms with Gasteiger partial charge in [-0.15, -0.1) is 0 Å². The first-order chi connectivity index (χ1) is 31.5. The highest BCUT2D eigenvalue weighted by molar-refractivity contribution is 7.47. The van der Waals surface area contributed by atoms with E-state index in [1.165, 1.54) is 238 Å². The van der Waals surface area contributed by atoms with Crippen LogP contribution in [0.2, 0.25) is 0 Å². The Morgan fingerprint density at radius 2 is 0.738 bits per heavy atom. The fourth-order valence-corrected chi connectivity index (χ4v) is 9.79. The molecule has 3 atom stereocenters. The summed E-state index contributed by atoms with van der Waals surface area (Å²) < 4.78 is 23.7. The summed E-state index contributed by atoms with van der Waals surface area (Å²) in [5.74, 6) is -0.137. The van der Waals surface area contributed by atoms with Gasteiger partial charge >= 0.3 is 7.82 Å². The van der Waals surface area contributed by atoms with Gasteiger partial charge in [-0.1, -0.05) is 284 Å². The van der Waals surface area contributed by atoms with Crippen LogP contribution in [0.5, 0.6) is 0 Å². The first-order valence-corrected chi connectivity index (χ1v) is 30.4. The van der Waals surface area contributed by atoms with Gasteiger partial charge in [0.25, 0.3) is 0 Å². The zero-order valence-electron chi connectivity index (χ0n) is 44.5. The number of amides is 1. The molecule has 9 heteroatoms. The highest BCUT2D eigenvalue weighted by atomic mass is 31.2. The highest BCUT2D eigenvalue weighted by Gasteiger charge is 2.28. The Morgan fingerprint density at radius 1 is 0.462 bits per heavy atom. The smallest absolute Gasteiger partial charge is 0.391 e. The van der Waals surface area contributed by atoms with Crippen LogP contribution in [-0.2, 0) is 18.4 Å². The van der Waals surface area contributed by atoms with E-state index in [0.717, 1.165) is 38.5 Å². The Morgan fingerprint density at radius 3 is 1.03 bits per heavy atom. The van der Waals surface area contributed by atoms with Crippen LogP contribution in [0.4, 0.5) is 0 Å². The molecule has 0 aliphatic heterocycles. The topological polar surface area (TPSA) is 105 Å². The van der Waals surface area contributed by atoms with Gasteiger partial charge in [-0.25, -0.2) is 4.57 Å². The molecule has 0 heterocycles. The summed E-state index contributed by atoms with van der Waals surface area (Å²) in [4.78, 5) is 23.3. The third kappa shape index (κ3) is 51.2. The molecular weight excluding hydrogens is 828 g/mol. The van der Waals surface area contributed by atoms with Crippen molar-refractivity contribution in [3.05, 3.63) is 0 Å². The molecule has 0 bridgehead atoms. The van der Waals surface area contributed by atoms with Crippen molar-refractivity contribution in [2.45, 2.75) is 315 Å². The van der Waals surface area contributed by atoms with Gasteiger partial charge in [0.15, 0.2) is 0 Å². The maximum Gasteiger partial charge on any atom is 0.472 e. The average Bonchev–Trinajstić information content (AvgIpc) is 3.26. The average molecular weight is 945 g/mol. The van der Waals surface area contributed by atoms with E-state index in [2.05, 4.69) is 19.2 Å². The first kappa shape index (κ1) is 64.5. The van der Waals surface area contributed by atoms with Gasteiger partial charge in [-0.3, -0.25) is 13.8 Å². The number of hydrogen-bond donors (Lipinski definition) is 3. The largest absolute Gasteiger partial charge is 0.472 e. The fraction of sp³-hybridized carbons (Fsp3) is 0.982. The lowest BCUT2D eigenvalue weighted by Crippen LogP contribution is -2.46. The Bertz CT molecular complexity index is 1030. The van der Waals surface area contributed by atoms with Crippen molar-refractivity contribution in [2.24, 2.45) is 0 Å². The molecule has 0 aromatic carbocycles. The molecule has 390 valence electrons. The van der Waals surface area contributed by atoms with Crippen molar-refractivity contribution in [3.63, 3.8) is 0 Å². The van der Waals surface area contributed by atoms with Crippen molar-refractivity contribution in [1.82, 2.24) is 5.32 Å². The van der Waals surface area contributed by atoms with Gasteiger partial charge in [0, 0.05) is 6.42 Å². The summed E-state index contributed by atoms with van der Waals surface area (Å²) >= 11 is 0. The lowest BCUT2D eigenvalue weighted by molar-refractivity contribution is -0.870. The van der Waals surface area contributed by atoms with Gasteiger partial charge in [0.05, 0.1) is 39.9 Å². The van der Waals surface area contributed by atoms with Crippen LogP contribution in [0, 0.1) is 0 Å². The highest BCUT2D eigenvalue weighted by Crippen LogP contribution is 2.43. The molecule has 0 rings (SSSR count). The summed E-state index contributed by atoms with van der Waals surface area (Å²) in [6.07, 6.45) is 57.4. The monoisotopic (exact) mass is 944 g/mol. The molecule has 0 spiro atoms. The molecule has 0 radical (unpaired) electrons. The number of carbonyl (C=O) groups excluding carboxylic acids is 1. The zero-order chi connectivity index (χ0) is 47.8. The normalized spacial score (nSPS) is 13.9. The van der Waals surface area contributed by atoms with Crippen LogP contribution >= 0.6 is 7.82 Å². The molecule has 1 unspecified atom stereocenters. The lowest BCUT2D eigenvalue weighted by Gasteiger charge is -2.26. The second-order valence-electron chi connectivity index (χ2n) is 21.4.